The van der Waals surface area contributed by atoms with Crippen LogP contribution in [0.1, 0.15) is 15.9 Å². The van der Waals surface area contributed by atoms with Crippen LogP contribution in [0.4, 0.5) is 5.69 Å². The van der Waals surface area contributed by atoms with E-state index in [0.29, 0.717) is 11.3 Å². The van der Waals surface area contributed by atoms with E-state index in [1.807, 2.05) is 18.2 Å². The molecule has 4 nitrogen and oxygen atoms in total. The van der Waals surface area contributed by atoms with Crippen molar-refractivity contribution in [2.75, 3.05) is 4.90 Å². The Labute approximate surface area is 123 Å². The molecule has 0 spiro atoms. The lowest BCUT2D eigenvalue weighted by Gasteiger charge is -2.22. The van der Waals surface area contributed by atoms with Crippen LogP contribution in [0, 0.1) is 0 Å². The zero-order valence-corrected chi connectivity index (χ0v) is 11.4. The average molecular weight is 281 g/mol. The van der Waals surface area contributed by atoms with E-state index in [-0.39, 0.29) is 18.0 Å². The van der Waals surface area contributed by atoms with Gasteiger partial charge < -0.3 is 10.0 Å². The third-order valence-electron chi connectivity index (χ3n) is 3.08. The molecule has 0 radical (unpaired) electrons. The third-order valence-corrected chi connectivity index (χ3v) is 3.08. The Morgan fingerprint density at radius 1 is 1.05 bits per heavy atom. The lowest BCUT2D eigenvalue weighted by atomic mass is 10.1. The summed E-state index contributed by atoms with van der Waals surface area (Å²) >= 11 is 0. The molecule has 2 aromatic rings. The highest BCUT2D eigenvalue weighted by molar-refractivity contribution is 6.01. The van der Waals surface area contributed by atoms with Gasteiger partial charge in [-0.05, 0) is 29.8 Å². The number of carbonyl (C=O) groups excluding carboxylic acids is 1. The minimum atomic E-state index is -1.01. The first kappa shape index (κ1) is 14.5. The molecule has 0 fully saturated rings. The zero-order chi connectivity index (χ0) is 15.2. The first-order valence-electron chi connectivity index (χ1n) is 6.43. The second-order valence-electron chi connectivity index (χ2n) is 4.43. The van der Waals surface area contributed by atoms with E-state index in [1.54, 1.807) is 30.3 Å². The van der Waals surface area contributed by atoms with Crippen LogP contribution in [0.3, 0.4) is 0 Å². The molecular weight excluding hydrogens is 266 g/mol. The molecule has 0 aliphatic heterocycles. The summed E-state index contributed by atoms with van der Waals surface area (Å²) in [4.78, 5) is 24.8. The molecule has 0 aliphatic rings. The fourth-order valence-electron chi connectivity index (χ4n) is 2.05. The summed E-state index contributed by atoms with van der Waals surface area (Å²) in [6.07, 6.45) is 1.22. The minimum absolute atomic E-state index is 0.178. The average Bonchev–Trinajstić information content (AvgIpc) is 2.53. The third kappa shape index (κ3) is 3.36. The molecule has 106 valence electrons. The summed E-state index contributed by atoms with van der Waals surface area (Å²) in [5.74, 6) is -1.29. The van der Waals surface area contributed by atoms with Crippen molar-refractivity contribution in [2.24, 2.45) is 0 Å². The molecule has 0 heterocycles. The Kier molecular flexibility index (Phi) is 4.51. The van der Waals surface area contributed by atoms with Gasteiger partial charge in [-0.2, -0.15) is 0 Å². The number of nitrogens with zero attached hydrogens (tertiary/aromatic N) is 1. The molecule has 0 unspecified atom stereocenters. The summed E-state index contributed by atoms with van der Waals surface area (Å²) in [6.45, 7) is 3.68. The lowest BCUT2D eigenvalue weighted by Crippen LogP contribution is -2.29. The van der Waals surface area contributed by atoms with E-state index in [9.17, 15) is 14.7 Å². The fourth-order valence-corrected chi connectivity index (χ4v) is 2.05. The minimum Gasteiger partial charge on any atom is -0.478 e. The maximum Gasteiger partial charge on any atom is 0.336 e. The van der Waals surface area contributed by atoms with Gasteiger partial charge in [-0.3, -0.25) is 4.79 Å². The molecular formula is C17H15NO3. The van der Waals surface area contributed by atoms with Crippen molar-refractivity contribution in [3.63, 3.8) is 0 Å². The zero-order valence-electron chi connectivity index (χ0n) is 11.4. The summed E-state index contributed by atoms with van der Waals surface area (Å²) in [7, 11) is 0. The second kappa shape index (κ2) is 6.52. The summed E-state index contributed by atoms with van der Waals surface area (Å²) in [5, 5.41) is 9.22. The molecule has 0 saturated carbocycles. The number of para-hydroxylation sites is 1. The summed E-state index contributed by atoms with van der Waals surface area (Å²) in [5.41, 5.74) is 1.46. The van der Waals surface area contributed by atoms with Gasteiger partial charge in [0.2, 0.25) is 0 Å². The second-order valence-corrected chi connectivity index (χ2v) is 4.43. The molecule has 2 rings (SSSR count). The number of aromatic carboxylic acids is 1. The molecule has 4 heteroatoms. The molecule has 0 aromatic heterocycles. The predicted molar refractivity (Wildman–Crippen MR) is 81.2 cm³/mol. The van der Waals surface area contributed by atoms with Gasteiger partial charge in [-0.15, -0.1) is 0 Å². The van der Waals surface area contributed by atoms with E-state index < -0.39 is 5.97 Å². The van der Waals surface area contributed by atoms with Crippen molar-refractivity contribution in [1.29, 1.82) is 0 Å². The van der Waals surface area contributed by atoms with Crippen molar-refractivity contribution in [2.45, 2.75) is 6.54 Å². The number of benzene rings is 2. The van der Waals surface area contributed by atoms with Crippen LogP contribution in [0.25, 0.3) is 0 Å². The number of amides is 1. The van der Waals surface area contributed by atoms with Crippen LogP contribution in [0.5, 0.6) is 0 Å². The standard InChI is InChI=1S/C17H15NO3/c1-2-16(19)18(14-9-4-3-5-10-14)12-13-8-6-7-11-15(13)17(20)21/h2-11H,1,12H2,(H,20,21). The first-order valence-corrected chi connectivity index (χ1v) is 6.43. The largest absolute Gasteiger partial charge is 0.478 e. The van der Waals surface area contributed by atoms with E-state index in [0.717, 1.165) is 0 Å². The number of hydrogen-bond donors (Lipinski definition) is 1. The monoisotopic (exact) mass is 281 g/mol. The summed E-state index contributed by atoms with van der Waals surface area (Å²) in [6, 6.07) is 15.7. The van der Waals surface area contributed by atoms with Crippen LogP contribution in [0.15, 0.2) is 67.3 Å². The van der Waals surface area contributed by atoms with Gasteiger partial charge in [0.15, 0.2) is 0 Å². The normalized spacial score (nSPS) is 9.90. The van der Waals surface area contributed by atoms with E-state index >= 15 is 0 Å². The van der Waals surface area contributed by atoms with Crippen LogP contribution in [-0.2, 0) is 11.3 Å². The van der Waals surface area contributed by atoms with Gasteiger partial charge in [0, 0.05) is 5.69 Å². The Balaban J connectivity index is 2.39. The van der Waals surface area contributed by atoms with Crippen molar-refractivity contribution >= 4 is 17.6 Å². The van der Waals surface area contributed by atoms with Gasteiger partial charge in [0.25, 0.3) is 5.91 Å². The molecule has 0 bridgehead atoms. The summed E-state index contributed by atoms with van der Waals surface area (Å²) < 4.78 is 0. The maximum absolute atomic E-state index is 12.1. The Morgan fingerprint density at radius 3 is 2.29 bits per heavy atom. The van der Waals surface area contributed by atoms with E-state index in [2.05, 4.69) is 6.58 Å². The van der Waals surface area contributed by atoms with Crippen LogP contribution in [-0.4, -0.2) is 17.0 Å². The van der Waals surface area contributed by atoms with Gasteiger partial charge in [-0.25, -0.2) is 4.79 Å². The maximum atomic E-state index is 12.1. The molecule has 1 N–H and O–H groups in total. The van der Waals surface area contributed by atoms with E-state index in [4.69, 9.17) is 0 Å². The molecule has 2 aromatic carbocycles. The topological polar surface area (TPSA) is 57.6 Å². The highest BCUT2D eigenvalue weighted by Crippen LogP contribution is 2.19. The Bertz CT molecular complexity index is 665. The first-order chi connectivity index (χ1) is 10.1. The fraction of sp³-hybridized carbons (Fsp3) is 0.0588. The van der Waals surface area contributed by atoms with Crippen molar-refractivity contribution in [3.05, 3.63) is 78.4 Å². The molecule has 0 atom stereocenters. The predicted octanol–water partition coefficient (Wildman–Crippen LogP) is 3.10. The Hall–Kier alpha value is -2.88. The lowest BCUT2D eigenvalue weighted by molar-refractivity contribution is -0.114. The highest BCUT2D eigenvalue weighted by atomic mass is 16.4. The Morgan fingerprint density at radius 2 is 1.67 bits per heavy atom. The molecule has 0 aliphatic carbocycles. The number of carboxylic acid groups (broad SMARTS) is 1. The van der Waals surface area contributed by atoms with Crippen LogP contribution in [0.2, 0.25) is 0 Å². The SMILES string of the molecule is C=CC(=O)N(Cc1ccccc1C(=O)O)c1ccccc1. The van der Waals surface area contributed by atoms with Crippen molar-refractivity contribution in [3.8, 4) is 0 Å². The van der Waals surface area contributed by atoms with Crippen molar-refractivity contribution < 1.29 is 14.7 Å². The van der Waals surface area contributed by atoms with Gasteiger partial charge >= 0.3 is 5.97 Å². The quantitative estimate of drug-likeness (QED) is 0.857. The molecule has 21 heavy (non-hydrogen) atoms. The van der Waals surface area contributed by atoms with Crippen molar-refractivity contribution in [1.82, 2.24) is 0 Å². The van der Waals surface area contributed by atoms with Gasteiger partial charge in [0.05, 0.1) is 12.1 Å². The smallest absolute Gasteiger partial charge is 0.336 e. The number of carboxylic acids is 1. The number of anilines is 1. The highest BCUT2D eigenvalue weighted by Gasteiger charge is 2.17. The van der Waals surface area contributed by atoms with Crippen LogP contribution >= 0.6 is 0 Å². The van der Waals surface area contributed by atoms with E-state index in [1.165, 1.54) is 17.0 Å². The molecule has 0 saturated heterocycles. The number of hydrogen-bond acceptors (Lipinski definition) is 2. The van der Waals surface area contributed by atoms with Crippen LogP contribution < -0.4 is 4.90 Å². The number of rotatable bonds is 5. The molecule has 1 amide bonds. The van der Waals surface area contributed by atoms with Gasteiger partial charge in [-0.1, -0.05) is 43.0 Å². The number of carbonyl (C=O) groups is 2. The van der Waals surface area contributed by atoms with Gasteiger partial charge in [0.1, 0.15) is 0 Å².